The van der Waals surface area contributed by atoms with Crippen LogP contribution in [-0.4, -0.2) is 82.6 Å². The molecule has 2 atom stereocenters. The van der Waals surface area contributed by atoms with Gasteiger partial charge in [0.1, 0.15) is 24.7 Å². The second-order valence-corrected chi connectivity index (χ2v) is 10.4. The van der Waals surface area contributed by atoms with E-state index in [0.29, 0.717) is 17.2 Å². The van der Waals surface area contributed by atoms with Gasteiger partial charge in [0.15, 0.2) is 27.1 Å². The third kappa shape index (κ3) is 5.45. The van der Waals surface area contributed by atoms with E-state index in [4.69, 9.17) is 23.7 Å². The number of Topliss-reactive ketones (excluding diaryl/α,β-unsaturated/α-hetero) is 1. The third-order valence-corrected chi connectivity index (χ3v) is 7.97. The fourth-order valence-corrected chi connectivity index (χ4v) is 5.32. The fourth-order valence-electron chi connectivity index (χ4n) is 3.76. The number of aromatic nitrogens is 1. The molecule has 0 saturated heterocycles. The topological polar surface area (TPSA) is 148 Å². The first-order valence-electron chi connectivity index (χ1n) is 11.2. The average Bonchev–Trinajstić information content (AvgIpc) is 2.88. The molecule has 1 amide bonds. The van der Waals surface area contributed by atoms with Gasteiger partial charge in [-0.1, -0.05) is 0 Å². The maximum Gasteiger partial charge on any atom is 0.326 e. The van der Waals surface area contributed by atoms with Gasteiger partial charge in [-0.3, -0.25) is 19.3 Å². The van der Waals surface area contributed by atoms with Crippen molar-refractivity contribution in [3.05, 3.63) is 36.0 Å². The molecule has 12 nitrogen and oxygen atoms in total. The van der Waals surface area contributed by atoms with Gasteiger partial charge in [0.2, 0.25) is 11.0 Å². The molecule has 2 unspecified atom stereocenters. The van der Waals surface area contributed by atoms with Crippen LogP contribution in [0.3, 0.4) is 0 Å². The number of pyridine rings is 1. The lowest BCUT2D eigenvalue weighted by atomic mass is 10.0. The standard InChI is InChI=1S/C24H28N2O10S/c1-6-35-19(27)12-26-23-16(8-7-9-25-23)20(28)22(24(26)29)37(30,31)14(2)13-36-15-10-17(32-3)21(34-5)18(11-15)33-4/h7-11,14,22H,6,12-13H2,1-5H3. The van der Waals surface area contributed by atoms with E-state index in [-0.39, 0.29) is 23.7 Å². The van der Waals surface area contributed by atoms with Crippen molar-refractivity contribution in [3.8, 4) is 23.0 Å². The predicted octanol–water partition coefficient (Wildman–Crippen LogP) is 1.45. The molecular weight excluding hydrogens is 508 g/mol. The van der Waals surface area contributed by atoms with E-state index in [2.05, 4.69) is 4.98 Å². The van der Waals surface area contributed by atoms with E-state index in [1.165, 1.54) is 58.7 Å². The molecule has 0 fully saturated rings. The molecule has 37 heavy (non-hydrogen) atoms. The summed E-state index contributed by atoms with van der Waals surface area (Å²) >= 11 is 0. The van der Waals surface area contributed by atoms with Crippen LogP contribution in [0.4, 0.5) is 5.82 Å². The summed E-state index contributed by atoms with van der Waals surface area (Å²) in [6.07, 6.45) is 1.33. The number of carbonyl (C=O) groups excluding carboxylic acids is 3. The van der Waals surface area contributed by atoms with Gasteiger partial charge >= 0.3 is 5.97 Å². The Morgan fingerprint density at radius 2 is 1.76 bits per heavy atom. The Hall–Kier alpha value is -3.87. The van der Waals surface area contributed by atoms with Crippen LogP contribution in [0.1, 0.15) is 24.2 Å². The Balaban J connectivity index is 1.89. The predicted molar refractivity (Wildman–Crippen MR) is 131 cm³/mol. The van der Waals surface area contributed by atoms with E-state index < -0.39 is 51.1 Å². The second-order valence-electron chi connectivity index (χ2n) is 7.92. The highest BCUT2D eigenvalue weighted by molar-refractivity contribution is 7.94. The van der Waals surface area contributed by atoms with Crippen molar-refractivity contribution in [1.29, 1.82) is 0 Å². The average molecular weight is 537 g/mol. The minimum atomic E-state index is -4.43. The zero-order chi connectivity index (χ0) is 27.3. The fraction of sp³-hybridized carbons (Fsp3) is 0.417. The Kier molecular flexibility index (Phi) is 8.58. The molecule has 1 aromatic carbocycles. The summed E-state index contributed by atoms with van der Waals surface area (Å²) < 4.78 is 53.3. The number of esters is 1. The minimum Gasteiger partial charge on any atom is -0.493 e. The van der Waals surface area contributed by atoms with Crippen molar-refractivity contribution >= 4 is 33.3 Å². The van der Waals surface area contributed by atoms with Crippen molar-refractivity contribution < 1.29 is 46.5 Å². The van der Waals surface area contributed by atoms with Crippen molar-refractivity contribution in [1.82, 2.24) is 4.98 Å². The number of nitrogens with zero attached hydrogens (tertiary/aromatic N) is 2. The van der Waals surface area contributed by atoms with Crippen LogP contribution in [-0.2, 0) is 24.2 Å². The number of ether oxygens (including phenoxy) is 5. The lowest BCUT2D eigenvalue weighted by Gasteiger charge is -2.32. The Bertz CT molecular complexity index is 1270. The zero-order valence-electron chi connectivity index (χ0n) is 21.0. The summed E-state index contributed by atoms with van der Waals surface area (Å²) in [4.78, 5) is 43.5. The highest BCUT2D eigenvalue weighted by Gasteiger charge is 2.50. The third-order valence-electron chi connectivity index (χ3n) is 5.64. The van der Waals surface area contributed by atoms with Gasteiger partial charge in [-0.05, 0) is 26.0 Å². The molecule has 0 spiro atoms. The van der Waals surface area contributed by atoms with Crippen LogP contribution in [0.25, 0.3) is 0 Å². The number of ketones is 1. The summed E-state index contributed by atoms with van der Waals surface area (Å²) in [5.41, 5.74) is -0.0854. The van der Waals surface area contributed by atoms with Crippen molar-refractivity contribution in [2.24, 2.45) is 0 Å². The number of amides is 1. The van der Waals surface area contributed by atoms with Gasteiger partial charge < -0.3 is 23.7 Å². The summed E-state index contributed by atoms with van der Waals surface area (Å²) in [6, 6.07) is 5.77. The number of rotatable bonds is 11. The monoisotopic (exact) mass is 536 g/mol. The maximum absolute atomic E-state index is 13.5. The highest BCUT2D eigenvalue weighted by atomic mass is 32.2. The lowest BCUT2D eigenvalue weighted by molar-refractivity contribution is -0.142. The van der Waals surface area contributed by atoms with Crippen molar-refractivity contribution in [2.75, 3.05) is 46.0 Å². The van der Waals surface area contributed by atoms with Gasteiger partial charge in [0, 0.05) is 18.3 Å². The normalized spacial score (nSPS) is 16.0. The van der Waals surface area contributed by atoms with Crippen LogP contribution >= 0.6 is 0 Å². The van der Waals surface area contributed by atoms with E-state index >= 15 is 0 Å². The van der Waals surface area contributed by atoms with Crippen LogP contribution < -0.4 is 23.8 Å². The highest BCUT2D eigenvalue weighted by Crippen LogP contribution is 2.41. The molecule has 1 aliphatic heterocycles. The number of carbonyl (C=O) groups is 3. The summed E-state index contributed by atoms with van der Waals surface area (Å²) in [7, 11) is -0.154. The molecule has 0 saturated carbocycles. The Morgan fingerprint density at radius 1 is 1.11 bits per heavy atom. The first-order valence-corrected chi connectivity index (χ1v) is 12.8. The quantitative estimate of drug-likeness (QED) is 0.303. The molecule has 1 aromatic heterocycles. The summed E-state index contributed by atoms with van der Waals surface area (Å²) in [6.45, 7) is 1.99. The number of anilines is 1. The number of methoxy groups -OCH3 is 3. The minimum absolute atomic E-state index is 0.0614. The molecule has 3 rings (SSSR count). The van der Waals surface area contributed by atoms with Crippen LogP contribution in [0.5, 0.6) is 23.0 Å². The number of sulfone groups is 1. The smallest absolute Gasteiger partial charge is 0.326 e. The SMILES string of the molecule is CCOC(=O)CN1C(=O)C(S(=O)(=O)C(C)COc2cc(OC)c(OC)c(OC)c2)C(=O)c2cccnc21. The summed E-state index contributed by atoms with van der Waals surface area (Å²) in [5.74, 6) is -1.74. The van der Waals surface area contributed by atoms with Crippen LogP contribution in [0.2, 0.25) is 0 Å². The summed E-state index contributed by atoms with van der Waals surface area (Å²) in [5, 5.41) is -3.36. The molecule has 2 aromatic rings. The maximum atomic E-state index is 13.5. The molecule has 1 aliphatic rings. The van der Waals surface area contributed by atoms with E-state index in [1.54, 1.807) is 6.92 Å². The zero-order valence-corrected chi connectivity index (χ0v) is 21.9. The van der Waals surface area contributed by atoms with E-state index in [0.717, 1.165) is 4.90 Å². The molecule has 0 N–H and O–H groups in total. The molecule has 200 valence electrons. The first kappa shape index (κ1) is 27.7. The number of hydrogen-bond donors (Lipinski definition) is 0. The molecule has 13 heteroatoms. The van der Waals surface area contributed by atoms with Gasteiger partial charge in [0.25, 0.3) is 5.91 Å². The molecular formula is C24H28N2O10S. The van der Waals surface area contributed by atoms with Crippen molar-refractivity contribution in [3.63, 3.8) is 0 Å². The second kappa shape index (κ2) is 11.5. The van der Waals surface area contributed by atoms with Gasteiger partial charge in [0.05, 0.1) is 38.7 Å². The molecule has 0 aliphatic carbocycles. The van der Waals surface area contributed by atoms with Gasteiger partial charge in [-0.25, -0.2) is 13.4 Å². The van der Waals surface area contributed by atoms with Crippen LogP contribution in [0, 0.1) is 0 Å². The van der Waals surface area contributed by atoms with Gasteiger partial charge in [-0.15, -0.1) is 0 Å². The van der Waals surface area contributed by atoms with Crippen molar-refractivity contribution in [2.45, 2.75) is 24.3 Å². The molecule has 0 radical (unpaired) electrons. The van der Waals surface area contributed by atoms with E-state index in [1.807, 2.05) is 0 Å². The van der Waals surface area contributed by atoms with Crippen LogP contribution in [0.15, 0.2) is 30.5 Å². The largest absolute Gasteiger partial charge is 0.493 e. The number of fused-ring (bicyclic) bond motifs is 1. The van der Waals surface area contributed by atoms with Gasteiger partial charge in [-0.2, -0.15) is 0 Å². The number of benzene rings is 1. The first-order chi connectivity index (χ1) is 17.6. The lowest BCUT2D eigenvalue weighted by Crippen LogP contribution is -2.55. The Morgan fingerprint density at radius 3 is 2.32 bits per heavy atom. The molecule has 2 heterocycles. The Labute approximate surface area is 214 Å². The molecule has 0 bridgehead atoms. The number of hydrogen-bond acceptors (Lipinski definition) is 11. The van der Waals surface area contributed by atoms with E-state index in [9.17, 15) is 22.8 Å².